The minimum atomic E-state index is -3.86. The number of para-hydroxylation sites is 2. The Balaban J connectivity index is 1.87. The molecule has 3 aromatic rings. The van der Waals surface area contributed by atoms with Crippen molar-refractivity contribution < 1.29 is 17.9 Å². The summed E-state index contributed by atoms with van der Waals surface area (Å²) in [6.45, 7) is 12.2. The summed E-state index contributed by atoms with van der Waals surface area (Å²) in [5.41, 5.74) is 1.10. The van der Waals surface area contributed by atoms with Crippen LogP contribution in [0.25, 0.3) is 0 Å². The molecule has 0 bridgehead atoms. The predicted octanol–water partition coefficient (Wildman–Crippen LogP) is 5.02. The molecule has 0 atom stereocenters. The average Bonchev–Trinajstić information content (AvgIpc) is 3.23. The van der Waals surface area contributed by atoms with Gasteiger partial charge in [0, 0.05) is 24.1 Å². The van der Waals surface area contributed by atoms with Crippen LogP contribution in [0.3, 0.4) is 0 Å². The van der Waals surface area contributed by atoms with Crippen molar-refractivity contribution in [2.24, 2.45) is 0 Å². The van der Waals surface area contributed by atoms with Gasteiger partial charge >= 0.3 is 0 Å². The van der Waals surface area contributed by atoms with Crippen LogP contribution in [0.15, 0.2) is 59.5 Å². The first-order valence-electron chi connectivity index (χ1n) is 11.3. The highest BCUT2D eigenvalue weighted by molar-refractivity contribution is 7.92. The molecule has 0 saturated heterocycles. The summed E-state index contributed by atoms with van der Waals surface area (Å²) < 4.78 is 34.6. The maximum Gasteiger partial charge on any atom is 0.264 e. The van der Waals surface area contributed by atoms with Crippen LogP contribution in [0.4, 0.5) is 11.5 Å². The maximum absolute atomic E-state index is 13.2. The fourth-order valence-corrected chi connectivity index (χ4v) is 4.70. The van der Waals surface area contributed by atoms with E-state index in [2.05, 4.69) is 26.1 Å². The molecule has 0 spiro atoms. The van der Waals surface area contributed by atoms with E-state index in [4.69, 9.17) is 9.84 Å². The molecule has 3 rings (SSSR count). The number of carbonyl (C=O) groups is 1. The highest BCUT2D eigenvalue weighted by Crippen LogP contribution is 2.31. The Morgan fingerprint density at radius 2 is 1.60 bits per heavy atom. The van der Waals surface area contributed by atoms with Gasteiger partial charge in [-0.1, -0.05) is 32.9 Å². The van der Waals surface area contributed by atoms with Gasteiger partial charge in [-0.3, -0.25) is 9.10 Å². The van der Waals surface area contributed by atoms with Crippen LogP contribution in [0.1, 0.15) is 57.6 Å². The quantitative estimate of drug-likeness (QED) is 0.515. The standard InChI is InChI=1S/C26H34N4O4S/c1-25(2,3)22-17-23(30(28-22)26(4,5)6)27-24(31)18-13-15-19(16-14-18)35(32,33)29(7)20-11-9-10-12-21(20)34-8/h9-17H,1-8H3,(H,27,31). The van der Waals surface area contributed by atoms with Crippen LogP contribution in [0.5, 0.6) is 5.75 Å². The van der Waals surface area contributed by atoms with Crippen molar-refractivity contribution in [1.29, 1.82) is 0 Å². The first-order chi connectivity index (χ1) is 16.2. The zero-order valence-corrected chi connectivity index (χ0v) is 22.4. The molecule has 1 heterocycles. The molecule has 0 radical (unpaired) electrons. The third-order valence-electron chi connectivity index (χ3n) is 5.55. The summed E-state index contributed by atoms with van der Waals surface area (Å²) >= 11 is 0. The monoisotopic (exact) mass is 498 g/mol. The van der Waals surface area contributed by atoms with E-state index in [1.54, 1.807) is 28.9 Å². The van der Waals surface area contributed by atoms with E-state index in [1.807, 2.05) is 26.8 Å². The molecule has 9 heteroatoms. The number of nitrogens with zero attached hydrogens (tertiary/aromatic N) is 3. The lowest BCUT2D eigenvalue weighted by Crippen LogP contribution is -2.28. The zero-order chi connectivity index (χ0) is 26.2. The van der Waals surface area contributed by atoms with Crippen LogP contribution < -0.4 is 14.4 Å². The van der Waals surface area contributed by atoms with Crippen molar-refractivity contribution in [3.05, 3.63) is 65.9 Å². The van der Waals surface area contributed by atoms with E-state index in [9.17, 15) is 13.2 Å². The number of methoxy groups -OCH3 is 1. The molecule has 1 aromatic heterocycles. The van der Waals surface area contributed by atoms with Gasteiger partial charge in [-0.05, 0) is 57.2 Å². The molecule has 0 aliphatic carbocycles. The first-order valence-corrected chi connectivity index (χ1v) is 12.7. The topological polar surface area (TPSA) is 93.5 Å². The van der Waals surface area contributed by atoms with Gasteiger partial charge in [0.15, 0.2) is 0 Å². The molecule has 1 N–H and O–H groups in total. The van der Waals surface area contributed by atoms with Crippen LogP contribution in [0, 0.1) is 0 Å². The Bertz CT molecular complexity index is 1310. The number of benzene rings is 2. The van der Waals surface area contributed by atoms with E-state index in [0.29, 0.717) is 22.8 Å². The lowest BCUT2D eigenvalue weighted by Gasteiger charge is -2.23. The molecule has 1 amide bonds. The average molecular weight is 499 g/mol. The molecule has 188 valence electrons. The zero-order valence-electron chi connectivity index (χ0n) is 21.6. The number of sulfonamides is 1. The van der Waals surface area contributed by atoms with Gasteiger partial charge in [-0.2, -0.15) is 5.10 Å². The van der Waals surface area contributed by atoms with Crippen molar-refractivity contribution in [3.63, 3.8) is 0 Å². The molecule has 0 fully saturated rings. The Hall–Kier alpha value is -3.33. The molecular formula is C26H34N4O4S. The number of amides is 1. The smallest absolute Gasteiger partial charge is 0.264 e. The van der Waals surface area contributed by atoms with Gasteiger partial charge in [0.1, 0.15) is 11.6 Å². The summed E-state index contributed by atoms with van der Waals surface area (Å²) in [6.07, 6.45) is 0. The lowest BCUT2D eigenvalue weighted by molar-refractivity contribution is 0.102. The second-order valence-corrected chi connectivity index (χ2v) is 12.3. The van der Waals surface area contributed by atoms with Crippen molar-refractivity contribution in [1.82, 2.24) is 9.78 Å². The minimum Gasteiger partial charge on any atom is -0.495 e. The Kier molecular flexibility index (Phi) is 7.04. The van der Waals surface area contributed by atoms with E-state index < -0.39 is 10.0 Å². The van der Waals surface area contributed by atoms with Crippen LogP contribution in [-0.2, 0) is 21.0 Å². The number of carbonyl (C=O) groups excluding carboxylic acids is 1. The van der Waals surface area contributed by atoms with Crippen LogP contribution >= 0.6 is 0 Å². The summed E-state index contributed by atoms with van der Waals surface area (Å²) in [7, 11) is -0.902. The van der Waals surface area contributed by atoms with Crippen molar-refractivity contribution >= 4 is 27.4 Å². The van der Waals surface area contributed by atoms with E-state index >= 15 is 0 Å². The van der Waals surface area contributed by atoms with Crippen LogP contribution in [-0.4, -0.2) is 38.3 Å². The van der Waals surface area contributed by atoms with Gasteiger partial charge in [-0.15, -0.1) is 0 Å². The lowest BCUT2D eigenvalue weighted by atomic mass is 9.92. The number of aromatic nitrogens is 2. The molecule has 2 aromatic carbocycles. The Morgan fingerprint density at radius 3 is 2.14 bits per heavy atom. The second-order valence-electron chi connectivity index (χ2n) is 10.4. The highest BCUT2D eigenvalue weighted by Gasteiger charge is 2.27. The molecule has 0 unspecified atom stereocenters. The van der Waals surface area contributed by atoms with Crippen molar-refractivity contribution in [2.75, 3.05) is 23.8 Å². The molecule has 35 heavy (non-hydrogen) atoms. The molecular weight excluding hydrogens is 464 g/mol. The normalized spacial score (nSPS) is 12.3. The summed E-state index contributed by atoms with van der Waals surface area (Å²) in [5, 5.41) is 7.65. The third-order valence-corrected chi connectivity index (χ3v) is 7.34. The van der Waals surface area contributed by atoms with Gasteiger partial charge in [-0.25, -0.2) is 13.1 Å². The van der Waals surface area contributed by atoms with Gasteiger partial charge in [0.25, 0.3) is 15.9 Å². The van der Waals surface area contributed by atoms with Gasteiger partial charge in [0.05, 0.1) is 28.9 Å². The number of ether oxygens (including phenoxy) is 1. The van der Waals surface area contributed by atoms with E-state index in [0.717, 1.165) is 10.00 Å². The number of hydrogen-bond donors (Lipinski definition) is 1. The summed E-state index contributed by atoms with van der Waals surface area (Å²) in [6, 6.07) is 14.6. The van der Waals surface area contributed by atoms with E-state index in [1.165, 1.54) is 38.4 Å². The highest BCUT2D eigenvalue weighted by atomic mass is 32.2. The first kappa shape index (κ1) is 26.3. The number of nitrogens with one attached hydrogen (secondary N) is 1. The fourth-order valence-electron chi connectivity index (χ4n) is 3.49. The predicted molar refractivity (Wildman–Crippen MR) is 139 cm³/mol. The Morgan fingerprint density at radius 1 is 1.00 bits per heavy atom. The van der Waals surface area contributed by atoms with Crippen LogP contribution in [0.2, 0.25) is 0 Å². The van der Waals surface area contributed by atoms with E-state index in [-0.39, 0.29) is 21.8 Å². The Labute approximate surface area is 208 Å². The minimum absolute atomic E-state index is 0.0669. The molecule has 8 nitrogen and oxygen atoms in total. The molecule has 0 aliphatic heterocycles. The largest absolute Gasteiger partial charge is 0.495 e. The number of hydrogen-bond acceptors (Lipinski definition) is 5. The maximum atomic E-state index is 13.2. The number of anilines is 2. The summed E-state index contributed by atoms with van der Waals surface area (Å²) in [4.78, 5) is 13.1. The van der Waals surface area contributed by atoms with Gasteiger partial charge in [0.2, 0.25) is 0 Å². The summed E-state index contributed by atoms with van der Waals surface area (Å²) in [5.74, 6) is 0.678. The molecule has 0 saturated carbocycles. The SMILES string of the molecule is COc1ccccc1N(C)S(=O)(=O)c1ccc(C(=O)Nc2cc(C(C)(C)C)nn2C(C)(C)C)cc1. The fraction of sp³-hybridized carbons (Fsp3) is 0.385. The van der Waals surface area contributed by atoms with Crippen molar-refractivity contribution in [3.8, 4) is 5.75 Å². The molecule has 0 aliphatic rings. The van der Waals surface area contributed by atoms with Crippen molar-refractivity contribution in [2.45, 2.75) is 57.4 Å². The second kappa shape index (κ2) is 9.37. The third kappa shape index (κ3) is 5.51. The number of rotatable bonds is 6. The van der Waals surface area contributed by atoms with Gasteiger partial charge < -0.3 is 10.1 Å².